The van der Waals surface area contributed by atoms with Gasteiger partial charge in [-0.3, -0.25) is 4.79 Å². The first-order valence-electron chi connectivity index (χ1n) is 7.09. The molecule has 6 nitrogen and oxygen atoms in total. The Kier molecular flexibility index (Phi) is 6.99. The van der Waals surface area contributed by atoms with E-state index >= 15 is 0 Å². The highest BCUT2D eigenvalue weighted by atomic mass is 32.2. The molecule has 124 valence electrons. The van der Waals surface area contributed by atoms with E-state index in [0.29, 0.717) is 13.0 Å². The molecule has 0 saturated carbocycles. The summed E-state index contributed by atoms with van der Waals surface area (Å²) < 4.78 is 31.7. The van der Waals surface area contributed by atoms with Crippen LogP contribution >= 0.6 is 0 Å². The Labute approximate surface area is 131 Å². The summed E-state index contributed by atoms with van der Waals surface area (Å²) >= 11 is 0. The van der Waals surface area contributed by atoms with Gasteiger partial charge < -0.3 is 9.84 Å². The highest BCUT2D eigenvalue weighted by Gasteiger charge is 2.25. The average molecular weight is 329 g/mol. The summed E-state index contributed by atoms with van der Waals surface area (Å²) in [5, 5.41) is 9.13. The van der Waals surface area contributed by atoms with Crippen molar-refractivity contribution in [3.05, 3.63) is 29.8 Å². The molecule has 0 bridgehead atoms. The van der Waals surface area contributed by atoms with Gasteiger partial charge in [-0.1, -0.05) is 26.0 Å². The fourth-order valence-electron chi connectivity index (χ4n) is 1.98. The number of methoxy groups -OCH3 is 1. The van der Waals surface area contributed by atoms with Gasteiger partial charge in [0.2, 0.25) is 10.0 Å². The van der Waals surface area contributed by atoms with Gasteiger partial charge in [0.05, 0.1) is 11.5 Å². The average Bonchev–Trinajstić information content (AvgIpc) is 2.44. The summed E-state index contributed by atoms with van der Waals surface area (Å²) in [6.07, 6.45) is 0.926. The van der Waals surface area contributed by atoms with Crippen molar-refractivity contribution in [2.24, 2.45) is 5.92 Å². The smallest absolute Gasteiger partial charge is 0.321 e. The van der Waals surface area contributed by atoms with Gasteiger partial charge in [0.15, 0.2) is 0 Å². The number of benzene rings is 1. The van der Waals surface area contributed by atoms with Crippen LogP contribution in [0.4, 0.5) is 0 Å². The van der Waals surface area contributed by atoms with Gasteiger partial charge in [-0.05, 0) is 36.5 Å². The summed E-state index contributed by atoms with van der Waals surface area (Å²) in [6.45, 7) is 4.24. The Hall–Kier alpha value is -1.44. The van der Waals surface area contributed by atoms with Gasteiger partial charge in [0, 0.05) is 7.11 Å². The van der Waals surface area contributed by atoms with E-state index < -0.39 is 22.0 Å². The van der Waals surface area contributed by atoms with E-state index in [1.165, 1.54) is 12.1 Å². The molecule has 0 aliphatic heterocycles. The molecule has 0 aromatic heterocycles. The van der Waals surface area contributed by atoms with E-state index in [2.05, 4.69) is 4.72 Å². The number of sulfonamides is 1. The number of aliphatic carboxylic acids is 1. The van der Waals surface area contributed by atoms with E-state index in [-0.39, 0.29) is 17.2 Å². The van der Waals surface area contributed by atoms with Gasteiger partial charge in [0.25, 0.3) is 0 Å². The van der Waals surface area contributed by atoms with Crippen molar-refractivity contribution in [1.82, 2.24) is 4.72 Å². The predicted octanol–water partition coefficient (Wildman–Crippen LogP) is 1.65. The van der Waals surface area contributed by atoms with Crippen LogP contribution in [0.15, 0.2) is 29.2 Å². The zero-order chi connectivity index (χ0) is 16.8. The maximum absolute atomic E-state index is 12.3. The van der Waals surface area contributed by atoms with Crippen molar-refractivity contribution >= 4 is 16.0 Å². The summed E-state index contributed by atoms with van der Waals surface area (Å²) in [4.78, 5) is 11.2. The lowest BCUT2D eigenvalue weighted by Gasteiger charge is -2.16. The minimum Gasteiger partial charge on any atom is -0.480 e. The van der Waals surface area contributed by atoms with Gasteiger partial charge >= 0.3 is 5.97 Å². The minimum absolute atomic E-state index is 0.0590. The summed E-state index contributed by atoms with van der Waals surface area (Å²) in [6, 6.07) is 5.22. The third-order valence-corrected chi connectivity index (χ3v) is 4.62. The van der Waals surface area contributed by atoms with E-state index in [9.17, 15) is 13.2 Å². The number of carboxylic acids is 1. The van der Waals surface area contributed by atoms with Crippen molar-refractivity contribution in [3.8, 4) is 0 Å². The Morgan fingerprint density at radius 1 is 1.27 bits per heavy atom. The molecule has 1 rings (SSSR count). The molecule has 1 atom stereocenters. The van der Waals surface area contributed by atoms with Gasteiger partial charge in [-0.25, -0.2) is 8.42 Å². The molecule has 0 radical (unpaired) electrons. The van der Waals surface area contributed by atoms with E-state index in [4.69, 9.17) is 9.84 Å². The Bertz CT molecular complexity index is 580. The predicted molar refractivity (Wildman–Crippen MR) is 83.2 cm³/mol. The van der Waals surface area contributed by atoms with Crippen LogP contribution in [0, 0.1) is 5.92 Å². The molecule has 0 aliphatic rings. The van der Waals surface area contributed by atoms with Crippen LogP contribution in [0.3, 0.4) is 0 Å². The van der Waals surface area contributed by atoms with E-state index in [0.717, 1.165) is 5.56 Å². The molecule has 1 aromatic rings. The number of ether oxygens (including phenoxy) is 1. The van der Waals surface area contributed by atoms with Gasteiger partial charge in [0.1, 0.15) is 6.04 Å². The highest BCUT2D eigenvalue weighted by molar-refractivity contribution is 7.89. The molecule has 1 aromatic carbocycles. The van der Waals surface area contributed by atoms with Crippen LogP contribution in [0.2, 0.25) is 0 Å². The molecule has 0 heterocycles. The summed E-state index contributed by atoms with van der Waals surface area (Å²) in [5.74, 6) is -1.10. The Morgan fingerprint density at radius 2 is 1.86 bits per heavy atom. The minimum atomic E-state index is -3.85. The second-order valence-electron chi connectivity index (χ2n) is 5.53. The lowest BCUT2D eigenvalue weighted by atomic mass is 10.1. The second-order valence-corrected chi connectivity index (χ2v) is 7.24. The molecule has 0 saturated heterocycles. The molecule has 22 heavy (non-hydrogen) atoms. The van der Waals surface area contributed by atoms with Crippen LogP contribution in [-0.4, -0.2) is 39.3 Å². The lowest BCUT2D eigenvalue weighted by Crippen LogP contribution is -2.41. The lowest BCUT2D eigenvalue weighted by molar-refractivity contribution is -0.139. The first kappa shape index (κ1) is 18.6. The SMILES string of the molecule is COCCc1ccc(S(=O)(=O)NC(CC(C)C)C(=O)O)cc1. The molecule has 0 amide bonds. The molecule has 7 heteroatoms. The Morgan fingerprint density at radius 3 is 2.32 bits per heavy atom. The van der Waals surface area contributed by atoms with Gasteiger partial charge in [-0.2, -0.15) is 4.72 Å². The maximum atomic E-state index is 12.3. The second kappa shape index (κ2) is 8.26. The fourth-order valence-corrected chi connectivity index (χ4v) is 3.18. The highest BCUT2D eigenvalue weighted by Crippen LogP contribution is 2.14. The van der Waals surface area contributed by atoms with Crippen LogP contribution in [-0.2, 0) is 26.0 Å². The summed E-state index contributed by atoms with van der Waals surface area (Å²) in [5.41, 5.74) is 0.956. The summed E-state index contributed by atoms with van der Waals surface area (Å²) in [7, 11) is -2.25. The van der Waals surface area contributed by atoms with Crippen molar-refractivity contribution in [3.63, 3.8) is 0 Å². The van der Waals surface area contributed by atoms with Crippen LogP contribution in [0.5, 0.6) is 0 Å². The number of hydrogen-bond donors (Lipinski definition) is 2. The van der Waals surface area contributed by atoms with Crippen LogP contribution in [0.25, 0.3) is 0 Å². The zero-order valence-corrected chi connectivity index (χ0v) is 13.9. The number of rotatable bonds is 9. The number of carboxylic acid groups (broad SMARTS) is 1. The van der Waals surface area contributed by atoms with Crippen LogP contribution < -0.4 is 4.72 Å². The van der Waals surface area contributed by atoms with Crippen molar-refractivity contribution in [2.45, 2.75) is 37.6 Å². The maximum Gasteiger partial charge on any atom is 0.321 e. The number of carbonyl (C=O) groups is 1. The zero-order valence-electron chi connectivity index (χ0n) is 13.1. The molecular formula is C15H23NO5S. The molecule has 2 N–H and O–H groups in total. The molecule has 0 aliphatic carbocycles. The normalized spacial score (nSPS) is 13.3. The third-order valence-electron chi connectivity index (χ3n) is 3.13. The van der Waals surface area contributed by atoms with Crippen molar-refractivity contribution in [2.75, 3.05) is 13.7 Å². The molecule has 0 spiro atoms. The molecule has 0 fully saturated rings. The monoisotopic (exact) mass is 329 g/mol. The van der Waals surface area contributed by atoms with E-state index in [1.807, 2.05) is 13.8 Å². The standard InChI is InChI=1S/C15H23NO5S/c1-11(2)10-14(15(17)18)16-22(19,20)13-6-4-12(5-7-13)8-9-21-3/h4-7,11,14,16H,8-10H2,1-3H3,(H,17,18). The molecular weight excluding hydrogens is 306 g/mol. The quantitative estimate of drug-likeness (QED) is 0.718. The number of hydrogen-bond acceptors (Lipinski definition) is 4. The molecule has 1 unspecified atom stereocenters. The first-order chi connectivity index (χ1) is 10.3. The number of nitrogens with one attached hydrogen (secondary N) is 1. The third kappa shape index (κ3) is 5.75. The topological polar surface area (TPSA) is 92.7 Å². The van der Waals surface area contributed by atoms with Crippen LogP contribution in [0.1, 0.15) is 25.8 Å². The van der Waals surface area contributed by atoms with E-state index in [1.54, 1.807) is 19.2 Å². The largest absolute Gasteiger partial charge is 0.480 e. The van der Waals surface area contributed by atoms with Gasteiger partial charge in [-0.15, -0.1) is 0 Å². The first-order valence-corrected chi connectivity index (χ1v) is 8.57. The fraction of sp³-hybridized carbons (Fsp3) is 0.533. The van der Waals surface area contributed by atoms with Crippen molar-refractivity contribution in [1.29, 1.82) is 0 Å². The van der Waals surface area contributed by atoms with Crippen molar-refractivity contribution < 1.29 is 23.1 Å². The Balaban J connectivity index is 2.86.